The average molecular weight is 205 g/mol. The maximum Gasteiger partial charge on any atom is 0.220 e. The van der Waals surface area contributed by atoms with Crippen molar-refractivity contribution < 1.29 is 9.90 Å². The minimum atomic E-state index is 0.0400. The largest absolute Gasteiger partial charge is 0.396 e. The molecule has 0 bridgehead atoms. The first-order valence-electron chi connectivity index (χ1n) is 4.68. The molecule has 0 aromatic carbocycles. The van der Waals surface area contributed by atoms with Gasteiger partial charge in [0.05, 0.1) is 0 Å². The second-order valence-corrected chi connectivity index (χ2v) is 4.27. The summed E-state index contributed by atoms with van der Waals surface area (Å²) >= 11 is 1.82. The predicted octanol–water partition coefficient (Wildman–Crippen LogP) is 1.02. The zero-order valence-corrected chi connectivity index (χ0v) is 9.19. The third-order valence-electron chi connectivity index (χ3n) is 1.54. The Hall–Kier alpha value is -0.220. The second kappa shape index (κ2) is 8.38. The summed E-state index contributed by atoms with van der Waals surface area (Å²) in [6.07, 6.45) is 0.983. The number of nitrogens with one attached hydrogen (secondary N) is 1. The smallest absolute Gasteiger partial charge is 0.220 e. The highest BCUT2D eigenvalue weighted by molar-refractivity contribution is 7.99. The number of hydrogen-bond acceptors (Lipinski definition) is 3. The van der Waals surface area contributed by atoms with Gasteiger partial charge in [-0.15, -0.1) is 0 Å². The van der Waals surface area contributed by atoms with Crippen LogP contribution in [0.5, 0.6) is 0 Å². The van der Waals surface area contributed by atoms with Gasteiger partial charge in [0, 0.05) is 24.8 Å². The predicted molar refractivity (Wildman–Crippen MR) is 56.9 cm³/mol. The summed E-state index contributed by atoms with van der Waals surface area (Å²) in [5.74, 6) is 2.08. The lowest BCUT2D eigenvalue weighted by Gasteiger charge is -2.12. The van der Waals surface area contributed by atoms with Crippen molar-refractivity contribution in [2.75, 3.05) is 18.1 Å². The van der Waals surface area contributed by atoms with E-state index >= 15 is 0 Å². The Morgan fingerprint density at radius 3 is 2.85 bits per heavy atom. The Morgan fingerprint density at radius 1 is 1.62 bits per heavy atom. The first kappa shape index (κ1) is 12.8. The highest BCUT2D eigenvalue weighted by atomic mass is 32.2. The van der Waals surface area contributed by atoms with E-state index in [1.807, 2.05) is 18.7 Å². The summed E-state index contributed by atoms with van der Waals surface area (Å²) in [4.78, 5) is 11.1. The van der Waals surface area contributed by atoms with Crippen LogP contribution in [0.4, 0.5) is 0 Å². The number of aliphatic hydroxyl groups excluding tert-OH is 1. The van der Waals surface area contributed by atoms with Gasteiger partial charge < -0.3 is 10.4 Å². The summed E-state index contributed by atoms with van der Waals surface area (Å²) in [5, 5.41) is 11.4. The molecule has 0 aromatic heterocycles. The molecule has 0 aliphatic rings. The maximum atomic E-state index is 11.1. The van der Waals surface area contributed by atoms with Crippen LogP contribution in [0.3, 0.4) is 0 Å². The Labute approximate surface area is 84.3 Å². The normalized spacial score (nSPS) is 12.5. The van der Waals surface area contributed by atoms with Gasteiger partial charge in [-0.3, -0.25) is 4.79 Å². The lowest BCUT2D eigenvalue weighted by Crippen LogP contribution is -2.34. The summed E-state index contributed by atoms with van der Waals surface area (Å²) < 4.78 is 0. The van der Waals surface area contributed by atoms with Gasteiger partial charge >= 0.3 is 0 Å². The van der Waals surface area contributed by atoms with Crippen molar-refractivity contribution in [2.24, 2.45) is 0 Å². The number of amides is 1. The van der Waals surface area contributed by atoms with Crippen molar-refractivity contribution in [3.8, 4) is 0 Å². The van der Waals surface area contributed by atoms with Crippen molar-refractivity contribution >= 4 is 17.7 Å². The van der Waals surface area contributed by atoms with Crippen molar-refractivity contribution in [3.05, 3.63) is 0 Å². The summed E-state index contributed by atoms with van der Waals surface area (Å²) in [6, 6.07) is 0.233. The molecule has 0 heterocycles. The van der Waals surface area contributed by atoms with Crippen molar-refractivity contribution in [3.63, 3.8) is 0 Å². The van der Waals surface area contributed by atoms with Gasteiger partial charge in [0.15, 0.2) is 0 Å². The minimum absolute atomic E-state index is 0.0400. The number of carbonyl (C=O) groups is 1. The van der Waals surface area contributed by atoms with E-state index in [4.69, 9.17) is 5.11 Å². The monoisotopic (exact) mass is 205 g/mol. The van der Waals surface area contributed by atoms with Crippen LogP contribution in [-0.2, 0) is 4.79 Å². The molecule has 3 nitrogen and oxygen atoms in total. The maximum absolute atomic E-state index is 11.1. The quantitative estimate of drug-likeness (QED) is 0.652. The Balaban J connectivity index is 3.41. The molecule has 13 heavy (non-hydrogen) atoms. The van der Waals surface area contributed by atoms with Crippen molar-refractivity contribution in [2.45, 2.75) is 32.7 Å². The van der Waals surface area contributed by atoms with E-state index in [1.54, 1.807) is 0 Å². The van der Waals surface area contributed by atoms with Crippen LogP contribution in [0.15, 0.2) is 0 Å². The van der Waals surface area contributed by atoms with Gasteiger partial charge in [0.2, 0.25) is 5.91 Å². The highest BCUT2D eigenvalue weighted by Gasteiger charge is 2.05. The molecule has 2 N–H and O–H groups in total. The molecule has 0 fully saturated rings. The number of aliphatic hydroxyl groups is 1. The number of carbonyl (C=O) groups excluding carboxylic acids is 1. The van der Waals surface area contributed by atoms with Crippen LogP contribution in [0.1, 0.15) is 26.7 Å². The van der Waals surface area contributed by atoms with Gasteiger partial charge in [-0.2, -0.15) is 11.8 Å². The SMILES string of the molecule is CCSCC(C)NC(=O)CCCO. The van der Waals surface area contributed by atoms with Crippen LogP contribution in [0, 0.1) is 0 Å². The fraction of sp³-hybridized carbons (Fsp3) is 0.889. The Morgan fingerprint density at radius 2 is 2.31 bits per heavy atom. The van der Waals surface area contributed by atoms with E-state index in [1.165, 1.54) is 0 Å². The molecule has 0 saturated heterocycles. The number of rotatable bonds is 7. The molecular weight excluding hydrogens is 186 g/mol. The molecule has 0 aliphatic heterocycles. The molecule has 1 atom stereocenters. The Kier molecular flexibility index (Phi) is 8.24. The van der Waals surface area contributed by atoms with Crippen molar-refractivity contribution in [1.82, 2.24) is 5.32 Å². The summed E-state index contributed by atoms with van der Waals surface area (Å²) in [7, 11) is 0. The van der Waals surface area contributed by atoms with E-state index in [9.17, 15) is 4.79 Å². The van der Waals surface area contributed by atoms with Gasteiger partial charge in [-0.05, 0) is 19.1 Å². The number of thioether (sulfide) groups is 1. The zero-order chi connectivity index (χ0) is 10.1. The van der Waals surface area contributed by atoms with E-state index in [0.29, 0.717) is 12.8 Å². The van der Waals surface area contributed by atoms with E-state index < -0.39 is 0 Å². The second-order valence-electron chi connectivity index (χ2n) is 2.96. The average Bonchev–Trinajstić information content (AvgIpc) is 2.11. The lowest BCUT2D eigenvalue weighted by molar-refractivity contribution is -0.121. The van der Waals surface area contributed by atoms with E-state index in [2.05, 4.69) is 12.2 Å². The third kappa shape index (κ3) is 8.12. The van der Waals surface area contributed by atoms with Gasteiger partial charge in [-0.25, -0.2) is 0 Å². The minimum Gasteiger partial charge on any atom is -0.396 e. The van der Waals surface area contributed by atoms with Crippen molar-refractivity contribution in [1.29, 1.82) is 0 Å². The molecule has 0 aliphatic carbocycles. The molecule has 78 valence electrons. The molecular formula is C9H19NO2S. The van der Waals surface area contributed by atoms with Gasteiger partial charge in [0.1, 0.15) is 0 Å². The standard InChI is InChI=1S/C9H19NO2S/c1-3-13-7-8(2)10-9(12)5-4-6-11/h8,11H,3-7H2,1-2H3,(H,10,12). The van der Waals surface area contributed by atoms with Crippen LogP contribution in [0.2, 0.25) is 0 Å². The zero-order valence-electron chi connectivity index (χ0n) is 8.38. The van der Waals surface area contributed by atoms with Crippen LogP contribution in [-0.4, -0.2) is 35.2 Å². The summed E-state index contributed by atoms with van der Waals surface area (Å²) in [5.41, 5.74) is 0. The van der Waals surface area contributed by atoms with Crippen LogP contribution >= 0.6 is 11.8 Å². The molecule has 0 radical (unpaired) electrons. The fourth-order valence-electron chi connectivity index (χ4n) is 0.923. The van der Waals surface area contributed by atoms with E-state index in [0.717, 1.165) is 11.5 Å². The third-order valence-corrected chi connectivity index (χ3v) is 2.69. The first-order chi connectivity index (χ1) is 6.20. The molecule has 0 spiro atoms. The molecule has 1 unspecified atom stereocenters. The number of hydrogen-bond donors (Lipinski definition) is 2. The fourth-order valence-corrected chi connectivity index (χ4v) is 1.60. The van der Waals surface area contributed by atoms with Crippen LogP contribution < -0.4 is 5.32 Å². The van der Waals surface area contributed by atoms with E-state index in [-0.39, 0.29) is 18.6 Å². The lowest BCUT2D eigenvalue weighted by atomic mass is 10.3. The molecule has 0 rings (SSSR count). The molecule has 0 aromatic rings. The van der Waals surface area contributed by atoms with Crippen LogP contribution in [0.25, 0.3) is 0 Å². The Bertz CT molecular complexity index is 142. The summed E-state index contributed by atoms with van der Waals surface area (Å²) in [6.45, 7) is 4.19. The molecule has 4 heteroatoms. The van der Waals surface area contributed by atoms with Gasteiger partial charge in [-0.1, -0.05) is 6.92 Å². The highest BCUT2D eigenvalue weighted by Crippen LogP contribution is 2.01. The molecule has 1 amide bonds. The first-order valence-corrected chi connectivity index (χ1v) is 5.84. The van der Waals surface area contributed by atoms with Gasteiger partial charge in [0.25, 0.3) is 0 Å². The topological polar surface area (TPSA) is 49.3 Å². The molecule has 0 saturated carbocycles.